The van der Waals surface area contributed by atoms with Gasteiger partial charge in [-0.15, -0.1) is 0 Å². The molecule has 0 radical (unpaired) electrons. The number of rotatable bonds is 4. The van der Waals surface area contributed by atoms with Gasteiger partial charge in [-0.3, -0.25) is 0 Å². The maximum absolute atomic E-state index is 6.86. The van der Waals surface area contributed by atoms with Gasteiger partial charge in [0.1, 0.15) is 23.0 Å². The Morgan fingerprint density at radius 1 is 0.622 bits per heavy atom. The molecule has 6 heteroatoms. The SMILES string of the molecule is COc1ccc([C@@H]2CC3(C[C@@H](c4ccc(OC)cc4)c4cccc(Br)c4O3)Oc3c(Br)cccc32)cc1. The van der Waals surface area contributed by atoms with Gasteiger partial charge in [-0.1, -0.05) is 48.5 Å². The van der Waals surface area contributed by atoms with Crippen LogP contribution < -0.4 is 18.9 Å². The molecule has 2 heterocycles. The lowest BCUT2D eigenvalue weighted by Crippen LogP contribution is -2.50. The summed E-state index contributed by atoms with van der Waals surface area (Å²) in [5.41, 5.74) is 4.69. The highest BCUT2D eigenvalue weighted by Gasteiger charge is 2.50. The molecule has 0 fully saturated rings. The Hall–Kier alpha value is -2.96. The molecule has 0 aliphatic carbocycles. The summed E-state index contributed by atoms with van der Waals surface area (Å²) in [7, 11) is 3.38. The Labute approximate surface area is 233 Å². The lowest BCUT2D eigenvalue weighted by molar-refractivity contribution is -0.147. The third-order valence-corrected chi connectivity index (χ3v) is 8.64. The van der Waals surface area contributed by atoms with Crippen molar-refractivity contribution in [1.29, 1.82) is 0 Å². The monoisotopic (exact) mass is 620 g/mol. The lowest BCUT2D eigenvalue weighted by Gasteiger charge is -2.47. The molecule has 188 valence electrons. The number of hydrogen-bond acceptors (Lipinski definition) is 4. The van der Waals surface area contributed by atoms with E-state index >= 15 is 0 Å². The molecule has 0 bridgehead atoms. The Balaban J connectivity index is 1.48. The van der Waals surface area contributed by atoms with Gasteiger partial charge in [-0.25, -0.2) is 0 Å². The zero-order valence-electron chi connectivity index (χ0n) is 20.5. The second kappa shape index (κ2) is 9.73. The standard InChI is InChI=1S/C31H26Br2O4/c1-34-21-13-9-19(10-14-21)25-17-31(36-29-23(25)5-3-7-27(29)32)18-26(20-11-15-22(35-2)16-12-20)24-6-4-8-28(33)30(24)37-31/h3-16,25-26H,17-18H2,1-2H3/t25-,26-,31?/m0/s1. The van der Waals surface area contributed by atoms with Crippen molar-refractivity contribution in [3.63, 3.8) is 0 Å². The molecule has 4 aromatic rings. The molecular formula is C31H26Br2O4. The van der Waals surface area contributed by atoms with Crippen molar-refractivity contribution in [2.24, 2.45) is 0 Å². The van der Waals surface area contributed by atoms with Crippen molar-refractivity contribution >= 4 is 31.9 Å². The van der Waals surface area contributed by atoms with E-state index in [1.165, 1.54) is 11.1 Å². The largest absolute Gasteiger partial charge is 0.497 e. The number of benzene rings is 4. The molecule has 2 atom stereocenters. The van der Waals surface area contributed by atoms with Crippen molar-refractivity contribution < 1.29 is 18.9 Å². The van der Waals surface area contributed by atoms with Gasteiger partial charge in [0.05, 0.1) is 23.2 Å². The van der Waals surface area contributed by atoms with E-state index in [4.69, 9.17) is 18.9 Å². The number of halogens is 2. The van der Waals surface area contributed by atoms with Gasteiger partial charge >= 0.3 is 0 Å². The van der Waals surface area contributed by atoms with E-state index in [2.05, 4.69) is 80.4 Å². The predicted octanol–water partition coefficient (Wildman–Crippen LogP) is 8.45. The Kier molecular flexibility index (Phi) is 6.41. The normalized spacial score (nSPS) is 19.2. The quantitative estimate of drug-likeness (QED) is 0.229. The third-order valence-electron chi connectivity index (χ3n) is 7.39. The van der Waals surface area contributed by atoms with E-state index in [1.807, 2.05) is 36.4 Å². The predicted molar refractivity (Wildman–Crippen MR) is 151 cm³/mol. The second-order valence-corrected chi connectivity index (χ2v) is 11.2. The molecule has 6 rings (SSSR count). The van der Waals surface area contributed by atoms with E-state index in [1.54, 1.807) is 14.2 Å². The van der Waals surface area contributed by atoms with Crippen molar-refractivity contribution in [2.75, 3.05) is 14.2 Å². The first kappa shape index (κ1) is 24.4. The molecule has 0 saturated heterocycles. The molecule has 37 heavy (non-hydrogen) atoms. The maximum Gasteiger partial charge on any atom is 0.253 e. The fourth-order valence-corrected chi connectivity index (χ4v) is 6.49. The smallest absolute Gasteiger partial charge is 0.253 e. The summed E-state index contributed by atoms with van der Waals surface area (Å²) in [6.07, 6.45) is 1.35. The van der Waals surface area contributed by atoms with Crippen LogP contribution in [0.5, 0.6) is 23.0 Å². The van der Waals surface area contributed by atoms with Crippen LogP contribution in [0.2, 0.25) is 0 Å². The van der Waals surface area contributed by atoms with E-state index in [9.17, 15) is 0 Å². The molecule has 4 nitrogen and oxygen atoms in total. The average Bonchev–Trinajstić information content (AvgIpc) is 2.94. The Morgan fingerprint density at radius 2 is 1.03 bits per heavy atom. The topological polar surface area (TPSA) is 36.9 Å². The van der Waals surface area contributed by atoms with E-state index in [0.717, 1.165) is 43.1 Å². The van der Waals surface area contributed by atoms with Crippen LogP contribution in [0, 0.1) is 0 Å². The fraction of sp³-hybridized carbons (Fsp3) is 0.226. The molecule has 2 aliphatic rings. The first-order chi connectivity index (χ1) is 18.0. The summed E-state index contributed by atoms with van der Waals surface area (Å²) in [5.74, 6) is 2.67. The van der Waals surface area contributed by atoms with Gasteiger partial charge in [0.25, 0.3) is 5.79 Å². The van der Waals surface area contributed by atoms with E-state index < -0.39 is 5.79 Å². The highest BCUT2D eigenvalue weighted by atomic mass is 79.9. The van der Waals surface area contributed by atoms with Crippen molar-refractivity contribution in [1.82, 2.24) is 0 Å². The van der Waals surface area contributed by atoms with Crippen LogP contribution in [0.1, 0.15) is 46.9 Å². The van der Waals surface area contributed by atoms with Crippen molar-refractivity contribution in [3.8, 4) is 23.0 Å². The fourth-order valence-electron chi connectivity index (χ4n) is 5.57. The summed E-state index contributed by atoms with van der Waals surface area (Å²) in [5, 5.41) is 0. The van der Waals surface area contributed by atoms with E-state index in [-0.39, 0.29) is 11.8 Å². The third kappa shape index (κ3) is 4.40. The minimum atomic E-state index is -0.858. The number of para-hydroxylation sites is 2. The minimum absolute atomic E-state index is 0.0905. The number of methoxy groups -OCH3 is 2. The van der Waals surface area contributed by atoms with Gasteiger partial charge in [-0.05, 0) is 79.4 Å². The molecule has 0 N–H and O–H groups in total. The zero-order valence-corrected chi connectivity index (χ0v) is 23.7. The van der Waals surface area contributed by atoms with Crippen LogP contribution in [0.3, 0.4) is 0 Å². The van der Waals surface area contributed by atoms with Gasteiger partial charge in [0.15, 0.2) is 0 Å². The Bertz CT molecular complexity index is 1320. The molecule has 0 saturated carbocycles. The highest BCUT2D eigenvalue weighted by molar-refractivity contribution is 9.10. The number of ether oxygens (including phenoxy) is 4. The Morgan fingerprint density at radius 3 is 1.41 bits per heavy atom. The zero-order chi connectivity index (χ0) is 25.6. The number of fused-ring (bicyclic) bond motifs is 2. The summed E-state index contributed by atoms with van der Waals surface area (Å²) in [6.45, 7) is 0. The number of hydrogen-bond donors (Lipinski definition) is 0. The summed E-state index contributed by atoms with van der Waals surface area (Å²) in [4.78, 5) is 0. The molecule has 2 aliphatic heterocycles. The summed E-state index contributed by atoms with van der Waals surface area (Å²) < 4.78 is 26.4. The molecule has 0 unspecified atom stereocenters. The van der Waals surface area contributed by atoms with E-state index in [0.29, 0.717) is 12.8 Å². The van der Waals surface area contributed by atoms with Gasteiger partial charge in [-0.2, -0.15) is 0 Å². The van der Waals surface area contributed by atoms with Crippen LogP contribution in [-0.4, -0.2) is 20.0 Å². The van der Waals surface area contributed by atoms with Gasteiger partial charge in [0, 0.05) is 35.8 Å². The second-order valence-electron chi connectivity index (χ2n) is 9.49. The molecule has 0 amide bonds. The lowest BCUT2D eigenvalue weighted by atomic mass is 9.76. The summed E-state index contributed by atoms with van der Waals surface area (Å²) in [6, 6.07) is 29.1. The molecule has 1 spiro atoms. The van der Waals surface area contributed by atoms with Crippen LogP contribution in [0.25, 0.3) is 0 Å². The van der Waals surface area contributed by atoms with Gasteiger partial charge < -0.3 is 18.9 Å². The molecular weight excluding hydrogens is 596 g/mol. The minimum Gasteiger partial charge on any atom is -0.497 e. The first-order valence-corrected chi connectivity index (χ1v) is 13.8. The molecule has 4 aromatic carbocycles. The summed E-state index contributed by atoms with van der Waals surface area (Å²) >= 11 is 7.51. The van der Waals surface area contributed by atoms with Crippen molar-refractivity contribution in [3.05, 3.63) is 116 Å². The highest BCUT2D eigenvalue weighted by Crippen LogP contribution is 2.55. The van der Waals surface area contributed by atoms with Gasteiger partial charge in [0.2, 0.25) is 0 Å². The molecule has 0 aromatic heterocycles. The van der Waals surface area contributed by atoms with Crippen LogP contribution in [0.15, 0.2) is 93.9 Å². The van der Waals surface area contributed by atoms with Crippen LogP contribution in [-0.2, 0) is 0 Å². The van der Waals surface area contributed by atoms with Crippen LogP contribution >= 0.6 is 31.9 Å². The van der Waals surface area contributed by atoms with Crippen molar-refractivity contribution in [2.45, 2.75) is 30.5 Å². The first-order valence-electron chi connectivity index (χ1n) is 12.2. The van der Waals surface area contributed by atoms with Crippen LogP contribution in [0.4, 0.5) is 0 Å². The maximum atomic E-state index is 6.86. The average molecular weight is 622 g/mol.